The van der Waals surface area contributed by atoms with Gasteiger partial charge in [-0.15, -0.1) is 0 Å². The Bertz CT molecular complexity index is 1420. The third kappa shape index (κ3) is 6.33. The zero-order chi connectivity index (χ0) is 27.2. The van der Waals surface area contributed by atoms with Crippen LogP contribution in [0.2, 0.25) is 0 Å². The summed E-state index contributed by atoms with van der Waals surface area (Å²) in [6, 6.07) is 17.2. The number of methoxy groups -OCH3 is 1. The number of nitro groups is 1. The first-order valence-corrected chi connectivity index (χ1v) is 12.6. The molecule has 3 aromatic carbocycles. The second-order valence-electron chi connectivity index (χ2n) is 8.58. The number of ether oxygens (including phenoxy) is 3. The number of carbonyl (C=O) groups excluding carboxylic acids is 2. The molecule has 1 aliphatic rings. The lowest BCUT2D eigenvalue weighted by atomic mass is 10.1. The van der Waals surface area contributed by atoms with Crippen LogP contribution in [0, 0.1) is 24.0 Å². The van der Waals surface area contributed by atoms with E-state index in [0.29, 0.717) is 27.5 Å². The lowest BCUT2D eigenvalue weighted by Crippen LogP contribution is -2.32. The Labute approximate surface area is 224 Å². The molecular formula is C28H26N2O7S. The molecular weight excluding hydrogens is 508 g/mol. The fraction of sp³-hybridized carbons (Fsp3) is 0.214. The Kier molecular flexibility index (Phi) is 8.32. The molecule has 9 nitrogen and oxygen atoms in total. The minimum absolute atomic E-state index is 0.0146. The Morgan fingerprint density at radius 2 is 1.79 bits per heavy atom. The predicted octanol–water partition coefficient (Wildman–Crippen LogP) is 5.91. The third-order valence-electron chi connectivity index (χ3n) is 5.79. The van der Waals surface area contributed by atoms with Gasteiger partial charge in [-0.05, 0) is 72.1 Å². The molecule has 0 spiro atoms. The van der Waals surface area contributed by atoms with E-state index in [1.807, 2.05) is 32.0 Å². The van der Waals surface area contributed by atoms with E-state index in [-0.39, 0.29) is 36.6 Å². The van der Waals surface area contributed by atoms with Crippen LogP contribution in [0.1, 0.15) is 22.3 Å². The van der Waals surface area contributed by atoms with Crippen molar-refractivity contribution >= 4 is 34.7 Å². The van der Waals surface area contributed by atoms with Crippen molar-refractivity contribution in [2.75, 3.05) is 20.3 Å². The first-order chi connectivity index (χ1) is 18.2. The molecule has 0 saturated carbocycles. The summed E-state index contributed by atoms with van der Waals surface area (Å²) in [6.45, 7) is 4.36. The smallest absolute Gasteiger partial charge is 0.293 e. The molecule has 10 heteroatoms. The number of nitro benzene ring substituents is 1. The van der Waals surface area contributed by atoms with E-state index >= 15 is 0 Å². The molecule has 1 saturated heterocycles. The molecule has 1 aliphatic heterocycles. The molecule has 0 N–H and O–H groups in total. The maximum absolute atomic E-state index is 12.9. The number of non-ortho nitro benzene ring substituents is 1. The van der Waals surface area contributed by atoms with E-state index < -0.39 is 4.92 Å². The van der Waals surface area contributed by atoms with Gasteiger partial charge in [-0.2, -0.15) is 0 Å². The number of nitrogens with zero attached hydrogens (tertiary/aromatic N) is 2. The fourth-order valence-corrected chi connectivity index (χ4v) is 4.63. The van der Waals surface area contributed by atoms with E-state index in [1.165, 1.54) is 24.1 Å². The largest absolute Gasteiger partial charge is 0.493 e. The number of benzene rings is 3. The van der Waals surface area contributed by atoms with Crippen LogP contribution in [0.15, 0.2) is 65.6 Å². The highest BCUT2D eigenvalue weighted by molar-refractivity contribution is 8.18. The minimum atomic E-state index is -0.460. The van der Waals surface area contributed by atoms with Crippen molar-refractivity contribution in [3.8, 4) is 17.2 Å². The molecule has 0 bridgehead atoms. The van der Waals surface area contributed by atoms with Gasteiger partial charge >= 0.3 is 0 Å². The van der Waals surface area contributed by atoms with E-state index in [9.17, 15) is 19.7 Å². The van der Waals surface area contributed by atoms with Crippen molar-refractivity contribution in [3.05, 3.63) is 97.9 Å². The van der Waals surface area contributed by atoms with Gasteiger partial charge in [0, 0.05) is 12.1 Å². The van der Waals surface area contributed by atoms with Crippen LogP contribution in [0.5, 0.6) is 17.2 Å². The number of carbonyl (C=O) groups is 2. The average Bonchev–Trinajstić information content (AvgIpc) is 3.17. The molecule has 0 radical (unpaired) electrons. The number of hydrogen-bond acceptors (Lipinski definition) is 8. The Morgan fingerprint density at radius 3 is 2.55 bits per heavy atom. The van der Waals surface area contributed by atoms with Gasteiger partial charge in [0.05, 0.1) is 23.5 Å². The molecule has 0 aliphatic carbocycles. The Morgan fingerprint density at radius 1 is 0.974 bits per heavy atom. The number of rotatable bonds is 10. The van der Waals surface area contributed by atoms with Crippen molar-refractivity contribution in [2.24, 2.45) is 0 Å². The third-order valence-corrected chi connectivity index (χ3v) is 6.70. The molecule has 4 rings (SSSR count). The minimum Gasteiger partial charge on any atom is -0.493 e. The first-order valence-electron chi connectivity index (χ1n) is 11.7. The lowest BCUT2D eigenvalue weighted by Gasteiger charge is -2.14. The topological polar surface area (TPSA) is 108 Å². The van der Waals surface area contributed by atoms with Crippen LogP contribution >= 0.6 is 11.8 Å². The van der Waals surface area contributed by atoms with Crippen molar-refractivity contribution in [2.45, 2.75) is 20.5 Å². The predicted molar refractivity (Wildman–Crippen MR) is 145 cm³/mol. The molecule has 0 atom stereocenters. The molecule has 3 aromatic rings. The maximum atomic E-state index is 12.9. The zero-order valence-corrected chi connectivity index (χ0v) is 21.9. The van der Waals surface area contributed by atoms with E-state index in [4.69, 9.17) is 14.2 Å². The molecule has 0 unspecified atom stereocenters. The molecule has 2 amide bonds. The number of amides is 2. The summed E-state index contributed by atoms with van der Waals surface area (Å²) in [7, 11) is 1.49. The first kappa shape index (κ1) is 26.7. The standard InChI is InChI=1S/C28H26N2O7S/c1-18-7-8-19(2)24(13-18)36-12-11-29-27(31)26(38-28(29)32)16-20-9-10-23(25(15-20)35-3)37-17-21-5-4-6-22(14-21)30(33)34/h4-10,13-16H,11-12,17H2,1-3H3/b26-16-. The molecule has 1 fully saturated rings. The van der Waals surface area contributed by atoms with E-state index in [2.05, 4.69) is 0 Å². The number of aryl methyl sites for hydroxylation is 2. The maximum Gasteiger partial charge on any atom is 0.293 e. The summed E-state index contributed by atoms with van der Waals surface area (Å²) < 4.78 is 17.1. The van der Waals surface area contributed by atoms with Crippen molar-refractivity contribution in [1.82, 2.24) is 4.90 Å². The summed E-state index contributed by atoms with van der Waals surface area (Å²) in [4.78, 5) is 37.4. The van der Waals surface area contributed by atoms with Crippen molar-refractivity contribution in [1.29, 1.82) is 0 Å². The van der Waals surface area contributed by atoms with Crippen LogP contribution in [0.4, 0.5) is 10.5 Å². The normalized spacial score (nSPS) is 14.2. The van der Waals surface area contributed by atoms with Gasteiger partial charge in [0.25, 0.3) is 16.8 Å². The molecule has 196 valence electrons. The summed E-state index contributed by atoms with van der Waals surface area (Å²) >= 11 is 0.873. The molecule has 0 aromatic heterocycles. The van der Waals surface area contributed by atoms with Gasteiger partial charge in [-0.3, -0.25) is 24.6 Å². The van der Waals surface area contributed by atoms with Crippen LogP contribution in [0.25, 0.3) is 6.08 Å². The Balaban J connectivity index is 1.40. The zero-order valence-electron chi connectivity index (χ0n) is 21.1. The van der Waals surface area contributed by atoms with Gasteiger partial charge in [0.15, 0.2) is 11.5 Å². The van der Waals surface area contributed by atoms with E-state index in [1.54, 1.807) is 36.4 Å². The molecule has 38 heavy (non-hydrogen) atoms. The second kappa shape index (κ2) is 11.8. The number of imide groups is 1. The second-order valence-corrected chi connectivity index (χ2v) is 9.57. The highest BCUT2D eigenvalue weighted by Gasteiger charge is 2.34. The van der Waals surface area contributed by atoms with Crippen molar-refractivity contribution < 1.29 is 28.7 Å². The quantitative estimate of drug-likeness (QED) is 0.179. The van der Waals surface area contributed by atoms with Gasteiger partial charge in [-0.25, -0.2) is 0 Å². The fourth-order valence-electron chi connectivity index (χ4n) is 3.77. The van der Waals surface area contributed by atoms with Gasteiger partial charge in [0.1, 0.15) is 19.0 Å². The number of hydrogen-bond donors (Lipinski definition) is 0. The average molecular weight is 535 g/mol. The summed E-state index contributed by atoms with van der Waals surface area (Å²) in [6.07, 6.45) is 1.63. The summed E-state index contributed by atoms with van der Waals surface area (Å²) in [5, 5.41) is 10.6. The monoisotopic (exact) mass is 534 g/mol. The highest BCUT2D eigenvalue weighted by atomic mass is 32.2. The lowest BCUT2D eigenvalue weighted by molar-refractivity contribution is -0.384. The van der Waals surface area contributed by atoms with Gasteiger partial charge < -0.3 is 14.2 Å². The van der Waals surface area contributed by atoms with Crippen molar-refractivity contribution in [3.63, 3.8) is 0 Å². The van der Waals surface area contributed by atoms with Gasteiger partial charge in [0.2, 0.25) is 0 Å². The van der Waals surface area contributed by atoms with Crippen LogP contribution in [0.3, 0.4) is 0 Å². The highest BCUT2D eigenvalue weighted by Crippen LogP contribution is 2.35. The van der Waals surface area contributed by atoms with E-state index in [0.717, 1.165) is 28.6 Å². The van der Waals surface area contributed by atoms with Crippen LogP contribution in [-0.4, -0.2) is 41.2 Å². The molecule has 1 heterocycles. The summed E-state index contributed by atoms with van der Waals surface area (Å²) in [5.74, 6) is 1.21. The number of thioether (sulfide) groups is 1. The van der Waals surface area contributed by atoms with Crippen LogP contribution < -0.4 is 14.2 Å². The van der Waals surface area contributed by atoms with Gasteiger partial charge in [-0.1, -0.05) is 30.3 Å². The Hall–Kier alpha value is -4.31. The SMILES string of the molecule is COc1cc(/C=C2\SC(=O)N(CCOc3cc(C)ccc3C)C2=O)ccc1OCc1cccc([N+](=O)[O-])c1. The van der Waals surface area contributed by atoms with Crippen LogP contribution in [-0.2, 0) is 11.4 Å². The summed E-state index contributed by atoms with van der Waals surface area (Å²) in [5.41, 5.74) is 3.33.